The van der Waals surface area contributed by atoms with Crippen molar-refractivity contribution in [2.45, 2.75) is 110 Å². The first-order valence-corrected chi connectivity index (χ1v) is 12.4. The van der Waals surface area contributed by atoms with Crippen LogP contribution in [0.15, 0.2) is 20.5 Å². The van der Waals surface area contributed by atoms with Crippen molar-refractivity contribution in [3.8, 4) is 0 Å². The lowest BCUT2D eigenvalue weighted by Crippen LogP contribution is -2.46. The van der Waals surface area contributed by atoms with Crippen LogP contribution < -0.4 is 5.32 Å². The van der Waals surface area contributed by atoms with Crippen LogP contribution in [0, 0.1) is 0 Å². The Hall–Kier alpha value is -3.12. The molecule has 13 heteroatoms. The molecule has 0 radical (unpaired) electrons. The number of carbonyl (C=O) groups is 4. The molecule has 0 aromatic rings. The smallest absolute Gasteiger partial charge is 0.410 e. The van der Waals surface area contributed by atoms with E-state index >= 15 is 0 Å². The summed E-state index contributed by atoms with van der Waals surface area (Å²) in [5.74, 6) is -1.96. The quantitative estimate of drug-likeness (QED) is 0.285. The zero-order valence-electron chi connectivity index (χ0n) is 23.1. The minimum Gasteiger partial charge on any atom is -0.464 e. The summed E-state index contributed by atoms with van der Waals surface area (Å²) in [5.41, 5.74) is -2.55. The lowest BCUT2D eigenvalue weighted by molar-refractivity contribution is -0.160. The van der Waals surface area contributed by atoms with E-state index in [9.17, 15) is 19.2 Å². The number of esters is 2. The predicted molar refractivity (Wildman–Crippen MR) is 132 cm³/mol. The predicted octanol–water partition coefficient (Wildman–Crippen LogP) is 3.52. The van der Waals surface area contributed by atoms with Crippen LogP contribution in [0.25, 0.3) is 0 Å². The van der Waals surface area contributed by atoms with Gasteiger partial charge in [-0.15, -0.1) is 0 Å². The van der Waals surface area contributed by atoms with Gasteiger partial charge in [0, 0.05) is 32.4 Å². The maximum atomic E-state index is 12.8. The number of nitrogens with one attached hydrogen (secondary N) is 1. The molecule has 1 atom stereocenters. The average molecular weight is 525 g/mol. The number of nitrogens with zero attached hydrogens (tertiary/aromatic N) is 5. The average Bonchev–Trinajstić information content (AvgIpc) is 3.63. The van der Waals surface area contributed by atoms with Gasteiger partial charge in [-0.2, -0.15) is 20.5 Å². The monoisotopic (exact) mass is 524 g/mol. The summed E-state index contributed by atoms with van der Waals surface area (Å²) in [4.78, 5) is 51.9. The molecule has 37 heavy (non-hydrogen) atoms. The van der Waals surface area contributed by atoms with E-state index in [1.807, 2.05) is 6.92 Å². The molecule has 13 nitrogen and oxygen atoms in total. The van der Waals surface area contributed by atoms with Gasteiger partial charge in [-0.25, -0.2) is 9.59 Å². The summed E-state index contributed by atoms with van der Waals surface area (Å²) in [6.45, 7) is 14.3. The number of hydrogen-bond acceptors (Lipinski definition) is 11. The Morgan fingerprint density at radius 2 is 1.38 bits per heavy atom. The van der Waals surface area contributed by atoms with E-state index in [1.54, 1.807) is 48.5 Å². The summed E-state index contributed by atoms with van der Waals surface area (Å²) in [7, 11) is 0. The van der Waals surface area contributed by atoms with Crippen LogP contribution in [-0.2, 0) is 28.6 Å². The van der Waals surface area contributed by atoms with Gasteiger partial charge in [0.15, 0.2) is 11.3 Å². The van der Waals surface area contributed by atoms with E-state index < -0.39 is 58.9 Å². The van der Waals surface area contributed by atoms with Gasteiger partial charge in [0.1, 0.15) is 17.2 Å². The Labute approximate surface area is 217 Å². The topological polar surface area (TPSA) is 161 Å². The van der Waals surface area contributed by atoms with E-state index in [0.29, 0.717) is 12.8 Å². The van der Waals surface area contributed by atoms with E-state index in [-0.39, 0.29) is 26.1 Å². The summed E-state index contributed by atoms with van der Waals surface area (Å²) in [6.07, 6.45) is -0.213. The second-order valence-corrected chi connectivity index (χ2v) is 11.6. The molecule has 0 aromatic heterocycles. The third-order valence-electron chi connectivity index (χ3n) is 5.23. The third-order valence-corrected chi connectivity index (χ3v) is 5.23. The molecule has 0 aromatic carbocycles. The standard InChI is InChI=1S/C24H40N6O7/c1-21(2,3)36-18(32)15-16(19(33)35-14-11-24(8)28-29-24)25-17(31)9-12-30(13-10-23(7)26-27-23)20(34)37-22(4,5)6/h16H,9-15H2,1-8H3,(H,25,31)/t16-/m0/s1. The Kier molecular flexibility index (Phi) is 9.37. The van der Waals surface area contributed by atoms with Crippen molar-refractivity contribution in [3.63, 3.8) is 0 Å². The molecule has 2 heterocycles. The van der Waals surface area contributed by atoms with E-state index in [0.717, 1.165) is 0 Å². The normalized spacial score (nSPS) is 17.4. The van der Waals surface area contributed by atoms with Crippen molar-refractivity contribution in [2.75, 3.05) is 19.7 Å². The maximum absolute atomic E-state index is 12.8. The zero-order valence-corrected chi connectivity index (χ0v) is 23.1. The number of hydrogen-bond donors (Lipinski definition) is 1. The van der Waals surface area contributed by atoms with Crippen LogP contribution in [0.5, 0.6) is 0 Å². The minimum atomic E-state index is -1.25. The van der Waals surface area contributed by atoms with Crippen molar-refractivity contribution >= 4 is 23.9 Å². The molecule has 2 aliphatic heterocycles. The van der Waals surface area contributed by atoms with Gasteiger partial charge in [0.25, 0.3) is 0 Å². The summed E-state index contributed by atoms with van der Waals surface area (Å²) < 4.78 is 16.0. The van der Waals surface area contributed by atoms with Gasteiger partial charge < -0.3 is 24.4 Å². The third kappa shape index (κ3) is 12.1. The van der Waals surface area contributed by atoms with Gasteiger partial charge in [-0.1, -0.05) is 0 Å². The lowest BCUT2D eigenvalue weighted by atomic mass is 10.1. The molecule has 208 valence electrons. The second kappa shape index (κ2) is 11.5. The van der Waals surface area contributed by atoms with Gasteiger partial charge >= 0.3 is 18.0 Å². The highest BCUT2D eigenvalue weighted by Gasteiger charge is 2.36. The van der Waals surface area contributed by atoms with Crippen LogP contribution in [0.1, 0.15) is 81.1 Å². The van der Waals surface area contributed by atoms with Crippen LogP contribution in [0.3, 0.4) is 0 Å². The van der Waals surface area contributed by atoms with Crippen LogP contribution >= 0.6 is 0 Å². The largest absolute Gasteiger partial charge is 0.464 e. The van der Waals surface area contributed by atoms with Gasteiger partial charge in [-0.3, -0.25) is 9.59 Å². The fourth-order valence-corrected chi connectivity index (χ4v) is 3.03. The summed E-state index contributed by atoms with van der Waals surface area (Å²) >= 11 is 0. The van der Waals surface area contributed by atoms with Crippen molar-refractivity contribution in [2.24, 2.45) is 20.5 Å². The molecule has 0 aliphatic carbocycles. The lowest BCUT2D eigenvalue weighted by Gasteiger charge is -2.28. The molecular weight excluding hydrogens is 484 g/mol. The Morgan fingerprint density at radius 1 is 0.838 bits per heavy atom. The van der Waals surface area contributed by atoms with Gasteiger partial charge in [0.05, 0.1) is 13.0 Å². The Bertz CT molecular complexity index is 923. The van der Waals surface area contributed by atoms with Crippen molar-refractivity contribution in [1.82, 2.24) is 10.2 Å². The molecule has 0 unspecified atom stereocenters. The highest BCUT2D eigenvalue weighted by Crippen LogP contribution is 2.31. The van der Waals surface area contributed by atoms with Crippen LogP contribution in [0.2, 0.25) is 0 Å². The summed E-state index contributed by atoms with van der Waals surface area (Å²) in [6, 6.07) is -1.25. The number of rotatable bonds is 13. The highest BCUT2D eigenvalue weighted by molar-refractivity contribution is 5.88. The van der Waals surface area contributed by atoms with Crippen molar-refractivity contribution < 1.29 is 33.4 Å². The highest BCUT2D eigenvalue weighted by atomic mass is 16.6. The fraction of sp³-hybridized carbons (Fsp3) is 0.833. The molecule has 2 aliphatic rings. The number of carbonyl (C=O) groups excluding carboxylic acids is 4. The minimum absolute atomic E-state index is 0.0321. The first-order chi connectivity index (χ1) is 16.9. The number of amides is 2. The summed E-state index contributed by atoms with van der Waals surface area (Å²) in [5, 5.41) is 18.2. The van der Waals surface area contributed by atoms with Gasteiger partial charge in [0.2, 0.25) is 5.91 Å². The fourth-order valence-electron chi connectivity index (χ4n) is 3.03. The van der Waals surface area contributed by atoms with Gasteiger partial charge in [-0.05, 0) is 55.4 Å². The molecule has 2 amide bonds. The Balaban J connectivity index is 1.96. The van der Waals surface area contributed by atoms with Crippen LogP contribution in [0.4, 0.5) is 4.79 Å². The first-order valence-electron chi connectivity index (χ1n) is 12.4. The maximum Gasteiger partial charge on any atom is 0.410 e. The Morgan fingerprint density at radius 3 is 1.89 bits per heavy atom. The molecule has 2 rings (SSSR count). The molecule has 1 N–H and O–H groups in total. The molecule has 0 spiro atoms. The molecule has 0 saturated carbocycles. The van der Waals surface area contributed by atoms with Crippen molar-refractivity contribution in [3.05, 3.63) is 0 Å². The first kappa shape index (κ1) is 30.1. The molecule has 0 fully saturated rings. The van der Waals surface area contributed by atoms with E-state index in [4.69, 9.17) is 14.2 Å². The second-order valence-electron chi connectivity index (χ2n) is 11.6. The molecule has 0 saturated heterocycles. The zero-order chi connectivity index (χ0) is 28.1. The van der Waals surface area contributed by atoms with E-state index in [2.05, 4.69) is 25.8 Å². The SMILES string of the molecule is CC1(CCOC(=O)[C@H](CC(=O)OC(C)(C)C)NC(=O)CCN(CCC2(C)N=N2)C(=O)OC(C)(C)C)N=N1. The van der Waals surface area contributed by atoms with Crippen LogP contribution in [-0.4, -0.2) is 77.1 Å². The molecular formula is C24H40N6O7. The van der Waals surface area contributed by atoms with Crippen molar-refractivity contribution in [1.29, 1.82) is 0 Å². The van der Waals surface area contributed by atoms with E-state index in [1.165, 1.54) is 4.90 Å². The number of ether oxygens (including phenoxy) is 3. The molecule has 0 bridgehead atoms.